The summed E-state index contributed by atoms with van der Waals surface area (Å²) in [5, 5.41) is 23.7. The number of aliphatic hydroxyl groups excluding tert-OH is 2. The minimum atomic E-state index is -0.802. The lowest BCUT2D eigenvalue weighted by Crippen LogP contribution is -2.46. The summed E-state index contributed by atoms with van der Waals surface area (Å²) < 4.78 is 5.91. The van der Waals surface area contributed by atoms with Crippen LogP contribution in [0.25, 0.3) is 0 Å². The van der Waals surface area contributed by atoms with Crippen molar-refractivity contribution in [3.8, 4) is 0 Å². The van der Waals surface area contributed by atoms with Gasteiger partial charge in [-0.2, -0.15) is 0 Å². The second kappa shape index (κ2) is 48.3. The molecule has 0 bridgehead atoms. The summed E-state index contributed by atoms with van der Waals surface area (Å²) in [6, 6.07) is -0.719. The Morgan fingerprint density at radius 3 is 1.46 bits per heavy atom. The number of amides is 1. The second-order valence-corrected chi connectivity index (χ2v) is 17.2. The molecule has 0 rings (SSSR count). The van der Waals surface area contributed by atoms with E-state index in [0.717, 1.165) is 103 Å². The lowest BCUT2D eigenvalue weighted by Gasteiger charge is -2.24. The van der Waals surface area contributed by atoms with E-state index in [0.29, 0.717) is 19.3 Å². The number of esters is 1. The first kappa shape index (κ1) is 58.3. The normalized spacial score (nSPS) is 13.9. The quantitative estimate of drug-likeness (QED) is 0.0245. The third-order valence-electron chi connectivity index (χ3n) is 11.3. The molecule has 61 heavy (non-hydrogen) atoms. The van der Waals surface area contributed by atoms with Crippen LogP contribution in [0.2, 0.25) is 0 Å². The van der Waals surface area contributed by atoms with Gasteiger partial charge in [0.05, 0.1) is 25.2 Å². The molecule has 0 heterocycles. The third kappa shape index (κ3) is 43.7. The van der Waals surface area contributed by atoms with Gasteiger partial charge in [0.25, 0.3) is 0 Å². The van der Waals surface area contributed by atoms with Gasteiger partial charge in [0.1, 0.15) is 6.10 Å². The van der Waals surface area contributed by atoms with Crippen LogP contribution in [0.4, 0.5) is 0 Å². The van der Waals surface area contributed by atoms with Gasteiger partial charge in [-0.15, -0.1) is 0 Å². The van der Waals surface area contributed by atoms with Gasteiger partial charge in [-0.05, 0) is 89.9 Å². The Hall–Kier alpha value is -2.70. The highest BCUT2D eigenvalue weighted by Crippen LogP contribution is 2.17. The Morgan fingerprint density at radius 2 is 0.934 bits per heavy atom. The monoisotopic (exact) mass is 852 g/mol. The maximum absolute atomic E-state index is 13.2. The van der Waals surface area contributed by atoms with E-state index in [4.69, 9.17) is 4.74 Å². The summed E-state index contributed by atoms with van der Waals surface area (Å²) in [5.41, 5.74) is 0. The van der Waals surface area contributed by atoms with Gasteiger partial charge in [-0.3, -0.25) is 9.59 Å². The van der Waals surface area contributed by atoms with Crippen molar-refractivity contribution < 1.29 is 24.5 Å². The number of hydrogen-bond donors (Lipinski definition) is 3. The molecule has 352 valence electrons. The highest BCUT2D eigenvalue weighted by atomic mass is 16.5. The van der Waals surface area contributed by atoms with E-state index < -0.39 is 18.2 Å². The number of aliphatic hydroxyl groups is 2. The first-order valence-corrected chi connectivity index (χ1v) is 25.7. The summed E-state index contributed by atoms with van der Waals surface area (Å²) in [6.07, 6.45) is 61.0. The first-order chi connectivity index (χ1) is 30.0. The fourth-order valence-electron chi connectivity index (χ4n) is 7.41. The van der Waals surface area contributed by atoms with Crippen LogP contribution in [0.5, 0.6) is 0 Å². The zero-order valence-corrected chi connectivity index (χ0v) is 40.0. The van der Waals surface area contributed by atoms with Crippen LogP contribution in [0.15, 0.2) is 72.9 Å². The fraction of sp³-hybridized carbons (Fsp3) is 0.745. The average molecular weight is 852 g/mol. The summed E-state index contributed by atoms with van der Waals surface area (Å²) in [6.45, 7) is 6.33. The molecule has 0 aliphatic heterocycles. The van der Waals surface area contributed by atoms with Crippen LogP contribution in [0.3, 0.4) is 0 Å². The molecule has 0 fully saturated rings. The lowest BCUT2D eigenvalue weighted by atomic mass is 10.0. The number of hydrogen-bond acceptors (Lipinski definition) is 5. The SMILES string of the molecule is CC/C=C/C/C=C/C/C=C/C/C=C/CCCCCC(=O)OC(CCCCC/C=C/C=C/CCCCCCCCC)CC(=O)NC(CO)C(O)CCCCCCCCCCCC. The molecule has 0 saturated carbocycles. The predicted octanol–water partition coefficient (Wildman–Crippen LogP) is 15.4. The van der Waals surface area contributed by atoms with Crippen LogP contribution >= 0.6 is 0 Å². The highest BCUT2D eigenvalue weighted by molar-refractivity contribution is 5.77. The second-order valence-electron chi connectivity index (χ2n) is 17.2. The third-order valence-corrected chi connectivity index (χ3v) is 11.3. The van der Waals surface area contributed by atoms with Gasteiger partial charge in [-0.25, -0.2) is 0 Å². The molecular weight excluding hydrogens is 755 g/mol. The van der Waals surface area contributed by atoms with E-state index in [-0.39, 0.29) is 24.9 Å². The molecule has 1 amide bonds. The van der Waals surface area contributed by atoms with E-state index in [9.17, 15) is 19.8 Å². The molecule has 3 N–H and O–H groups in total. The molecular formula is C55H97NO5. The molecule has 0 radical (unpaired) electrons. The van der Waals surface area contributed by atoms with Gasteiger partial charge in [0.15, 0.2) is 0 Å². The minimum Gasteiger partial charge on any atom is -0.462 e. The van der Waals surface area contributed by atoms with E-state index in [1.807, 2.05) is 0 Å². The molecule has 0 saturated heterocycles. The van der Waals surface area contributed by atoms with Crippen molar-refractivity contribution >= 4 is 11.9 Å². The molecule has 0 aromatic carbocycles. The van der Waals surface area contributed by atoms with Crippen LogP contribution in [-0.4, -0.2) is 46.9 Å². The van der Waals surface area contributed by atoms with Gasteiger partial charge in [0, 0.05) is 6.42 Å². The summed E-state index contributed by atoms with van der Waals surface area (Å²) in [4.78, 5) is 26.1. The van der Waals surface area contributed by atoms with Gasteiger partial charge >= 0.3 is 5.97 Å². The number of ether oxygens (including phenoxy) is 1. The average Bonchev–Trinajstić information content (AvgIpc) is 3.25. The summed E-state index contributed by atoms with van der Waals surface area (Å²) >= 11 is 0. The molecule has 0 aromatic heterocycles. The number of allylic oxidation sites excluding steroid dienone is 12. The lowest BCUT2D eigenvalue weighted by molar-refractivity contribution is -0.151. The van der Waals surface area contributed by atoms with Crippen LogP contribution in [0, 0.1) is 0 Å². The Balaban J connectivity index is 4.71. The topological polar surface area (TPSA) is 95.9 Å². The van der Waals surface area contributed by atoms with E-state index in [1.165, 1.54) is 89.9 Å². The smallest absolute Gasteiger partial charge is 0.306 e. The van der Waals surface area contributed by atoms with Gasteiger partial charge < -0.3 is 20.3 Å². The molecule has 6 heteroatoms. The Labute approximate surface area is 377 Å². The Bertz CT molecular complexity index is 1140. The van der Waals surface area contributed by atoms with E-state index >= 15 is 0 Å². The van der Waals surface area contributed by atoms with Gasteiger partial charge in [-0.1, -0.05) is 209 Å². The molecule has 3 unspecified atom stereocenters. The molecule has 6 nitrogen and oxygen atoms in total. The Kier molecular flexibility index (Phi) is 46.2. The highest BCUT2D eigenvalue weighted by Gasteiger charge is 2.24. The van der Waals surface area contributed by atoms with Crippen molar-refractivity contribution in [2.24, 2.45) is 0 Å². The van der Waals surface area contributed by atoms with Crippen LogP contribution < -0.4 is 5.32 Å². The maximum atomic E-state index is 13.2. The van der Waals surface area contributed by atoms with Crippen LogP contribution in [-0.2, 0) is 14.3 Å². The number of unbranched alkanes of at least 4 members (excludes halogenated alkanes) is 22. The van der Waals surface area contributed by atoms with Gasteiger partial charge in [0.2, 0.25) is 5.91 Å². The maximum Gasteiger partial charge on any atom is 0.306 e. The number of rotatable bonds is 45. The molecule has 0 spiro atoms. The fourth-order valence-corrected chi connectivity index (χ4v) is 7.41. The van der Waals surface area contributed by atoms with E-state index in [1.54, 1.807) is 0 Å². The van der Waals surface area contributed by atoms with Crippen molar-refractivity contribution in [1.82, 2.24) is 5.32 Å². The molecule has 0 aliphatic rings. The standard InChI is InChI=1S/C55H97NO5/c1-4-7-10-13-16-19-22-24-26-28-30-32-34-37-40-43-46-51(49-54(59)56-52(50-57)53(58)47-44-41-38-35-21-18-15-12-9-6-3)61-55(60)48-45-42-39-36-33-31-29-27-25-23-20-17-14-11-8-5-2/h8,11,17,20,25-28,30-33,51-53,57-58H,4-7,9-10,12-16,18-19,21-24,29,34-50H2,1-3H3,(H,56,59)/b11-8+,20-17+,27-25+,28-26+,32-30+,33-31+. The van der Waals surface area contributed by atoms with Crippen molar-refractivity contribution in [2.45, 2.75) is 257 Å². The van der Waals surface area contributed by atoms with Crippen molar-refractivity contribution in [1.29, 1.82) is 0 Å². The minimum absolute atomic E-state index is 0.0441. The summed E-state index contributed by atoms with van der Waals surface area (Å²) in [5.74, 6) is -0.539. The number of carbonyl (C=O) groups is 2. The zero-order valence-electron chi connectivity index (χ0n) is 40.0. The molecule has 0 aromatic rings. The Morgan fingerprint density at radius 1 is 0.508 bits per heavy atom. The van der Waals surface area contributed by atoms with Crippen LogP contribution in [0.1, 0.15) is 239 Å². The van der Waals surface area contributed by atoms with Crippen molar-refractivity contribution in [3.05, 3.63) is 72.9 Å². The predicted molar refractivity (Wildman–Crippen MR) is 264 cm³/mol. The molecule has 0 aliphatic carbocycles. The van der Waals surface area contributed by atoms with Crippen molar-refractivity contribution in [3.63, 3.8) is 0 Å². The number of nitrogens with one attached hydrogen (secondary N) is 1. The van der Waals surface area contributed by atoms with E-state index in [2.05, 4.69) is 99.0 Å². The number of carbonyl (C=O) groups excluding carboxylic acids is 2. The van der Waals surface area contributed by atoms with Crippen molar-refractivity contribution in [2.75, 3.05) is 6.61 Å². The zero-order chi connectivity index (χ0) is 44.5. The summed E-state index contributed by atoms with van der Waals surface area (Å²) in [7, 11) is 0. The largest absolute Gasteiger partial charge is 0.462 e. The first-order valence-electron chi connectivity index (χ1n) is 25.7. The molecule has 3 atom stereocenters.